The van der Waals surface area contributed by atoms with Crippen LogP contribution in [0.5, 0.6) is 0 Å². The zero-order valence-corrected chi connectivity index (χ0v) is 21.8. The van der Waals surface area contributed by atoms with Gasteiger partial charge in [0.1, 0.15) is 10.7 Å². The van der Waals surface area contributed by atoms with Crippen LogP contribution in [-0.2, 0) is 20.7 Å². The lowest BCUT2D eigenvalue weighted by Crippen LogP contribution is -2.32. The number of benzene rings is 3. The van der Waals surface area contributed by atoms with E-state index in [1.54, 1.807) is 44.2 Å². The van der Waals surface area contributed by atoms with Crippen molar-refractivity contribution >= 4 is 52.4 Å². The Kier molecular flexibility index (Phi) is 7.93. The van der Waals surface area contributed by atoms with Crippen LogP contribution >= 0.6 is 11.6 Å². The van der Waals surface area contributed by atoms with Gasteiger partial charge in [-0.05, 0) is 74.4 Å². The normalized spacial score (nSPS) is 13.2. The summed E-state index contributed by atoms with van der Waals surface area (Å²) in [6.07, 6.45) is 0.572. The standard InChI is InChI=1S/C29H26ClN3O5/c1-4-18-11-13-21(14-12-18)32-26(34)19-7-5-9-22(15-19)31-25-24(30)27(35)33(28(25)36)23-10-6-8-20(16-23)29(37)38-17(2)3/h5-17,31H,4H2,1-3H3,(H,32,34). The summed E-state index contributed by atoms with van der Waals surface area (Å²) in [7, 11) is 0. The molecule has 0 fully saturated rings. The number of carbonyl (C=O) groups is 4. The highest BCUT2D eigenvalue weighted by Gasteiger charge is 2.39. The molecule has 1 heterocycles. The predicted molar refractivity (Wildman–Crippen MR) is 146 cm³/mol. The van der Waals surface area contributed by atoms with E-state index in [0.717, 1.165) is 16.9 Å². The molecule has 0 bridgehead atoms. The molecule has 0 unspecified atom stereocenters. The van der Waals surface area contributed by atoms with Gasteiger partial charge >= 0.3 is 5.97 Å². The van der Waals surface area contributed by atoms with E-state index in [1.165, 1.54) is 18.2 Å². The largest absolute Gasteiger partial charge is 0.459 e. The summed E-state index contributed by atoms with van der Waals surface area (Å²) < 4.78 is 5.20. The Labute approximate surface area is 225 Å². The maximum Gasteiger partial charge on any atom is 0.338 e. The maximum atomic E-state index is 13.2. The van der Waals surface area contributed by atoms with Crippen LogP contribution in [0.1, 0.15) is 47.1 Å². The average molecular weight is 532 g/mol. The van der Waals surface area contributed by atoms with E-state index in [2.05, 4.69) is 17.6 Å². The van der Waals surface area contributed by atoms with Crippen molar-refractivity contribution in [1.29, 1.82) is 0 Å². The van der Waals surface area contributed by atoms with Gasteiger partial charge in [0.15, 0.2) is 0 Å². The summed E-state index contributed by atoms with van der Waals surface area (Å²) in [6, 6.07) is 20.0. The lowest BCUT2D eigenvalue weighted by Gasteiger charge is -2.16. The molecule has 194 valence electrons. The van der Waals surface area contributed by atoms with Gasteiger partial charge in [0.05, 0.1) is 17.4 Å². The van der Waals surface area contributed by atoms with E-state index in [4.69, 9.17) is 16.3 Å². The molecule has 0 spiro atoms. The molecule has 3 aromatic rings. The maximum absolute atomic E-state index is 13.2. The van der Waals surface area contributed by atoms with Gasteiger partial charge in [0.2, 0.25) is 0 Å². The van der Waals surface area contributed by atoms with Gasteiger partial charge in [-0.1, -0.05) is 42.8 Å². The topological polar surface area (TPSA) is 105 Å². The quantitative estimate of drug-likeness (QED) is 0.294. The van der Waals surface area contributed by atoms with Crippen LogP contribution in [0.2, 0.25) is 0 Å². The number of rotatable bonds is 8. The molecule has 0 aliphatic carbocycles. The molecule has 0 aromatic heterocycles. The molecule has 38 heavy (non-hydrogen) atoms. The second kappa shape index (κ2) is 11.3. The van der Waals surface area contributed by atoms with Crippen LogP contribution in [-0.4, -0.2) is 29.8 Å². The lowest BCUT2D eigenvalue weighted by molar-refractivity contribution is -0.120. The Hall–Kier alpha value is -4.43. The van der Waals surface area contributed by atoms with Gasteiger partial charge in [-0.2, -0.15) is 0 Å². The van der Waals surface area contributed by atoms with E-state index in [-0.39, 0.29) is 34.0 Å². The van der Waals surface area contributed by atoms with Crippen molar-refractivity contribution < 1.29 is 23.9 Å². The number of ether oxygens (including phenoxy) is 1. The van der Waals surface area contributed by atoms with Crippen molar-refractivity contribution in [3.63, 3.8) is 0 Å². The van der Waals surface area contributed by atoms with Crippen molar-refractivity contribution in [3.8, 4) is 0 Å². The minimum atomic E-state index is -0.738. The number of aryl methyl sites for hydroxylation is 1. The van der Waals surface area contributed by atoms with E-state index in [1.807, 2.05) is 24.3 Å². The fourth-order valence-electron chi connectivity index (χ4n) is 3.81. The summed E-state index contributed by atoms with van der Waals surface area (Å²) in [5.41, 5.74) is 2.78. The fraction of sp³-hybridized carbons (Fsp3) is 0.172. The Balaban J connectivity index is 1.51. The van der Waals surface area contributed by atoms with E-state index in [0.29, 0.717) is 16.9 Å². The number of esters is 1. The van der Waals surface area contributed by atoms with Gasteiger partial charge in [-0.25, -0.2) is 9.69 Å². The van der Waals surface area contributed by atoms with Crippen molar-refractivity contribution in [1.82, 2.24) is 0 Å². The smallest absolute Gasteiger partial charge is 0.338 e. The molecule has 3 aromatic carbocycles. The number of hydrogen-bond acceptors (Lipinski definition) is 6. The number of nitrogens with zero attached hydrogens (tertiary/aromatic N) is 1. The number of anilines is 3. The molecular formula is C29H26ClN3O5. The van der Waals surface area contributed by atoms with Crippen LogP contribution in [0.15, 0.2) is 83.5 Å². The number of carbonyl (C=O) groups excluding carboxylic acids is 4. The minimum absolute atomic E-state index is 0.139. The minimum Gasteiger partial charge on any atom is -0.459 e. The first kappa shape index (κ1) is 26.6. The van der Waals surface area contributed by atoms with Gasteiger partial charge in [0, 0.05) is 16.9 Å². The molecule has 1 aliphatic heterocycles. The molecule has 0 radical (unpaired) electrons. The molecule has 0 saturated heterocycles. The highest BCUT2D eigenvalue weighted by molar-refractivity contribution is 6.53. The van der Waals surface area contributed by atoms with Crippen molar-refractivity contribution in [3.05, 3.63) is 100 Å². The van der Waals surface area contributed by atoms with Crippen molar-refractivity contribution in [2.45, 2.75) is 33.3 Å². The molecule has 1 aliphatic rings. The van der Waals surface area contributed by atoms with Gasteiger partial charge in [-0.15, -0.1) is 0 Å². The molecule has 9 heteroatoms. The zero-order chi connectivity index (χ0) is 27.4. The van der Waals surface area contributed by atoms with Crippen molar-refractivity contribution in [2.24, 2.45) is 0 Å². The summed E-state index contributed by atoms with van der Waals surface area (Å²) in [5.74, 6) is -2.34. The monoisotopic (exact) mass is 531 g/mol. The first-order chi connectivity index (χ1) is 18.2. The average Bonchev–Trinajstić information content (AvgIpc) is 3.11. The fourth-order valence-corrected chi connectivity index (χ4v) is 4.02. The van der Waals surface area contributed by atoms with Crippen LogP contribution in [0.4, 0.5) is 17.1 Å². The number of amides is 3. The summed E-state index contributed by atoms with van der Waals surface area (Å²) >= 11 is 6.26. The second-order valence-electron chi connectivity index (χ2n) is 8.85. The van der Waals surface area contributed by atoms with Gasteiger partial charge in [0.25, 0.3) is 17.7 Å². The summed E-state index contributed by atoms with van der Waals surface area (Å²) in [4.78, 5) is 52.1. The van der Waals surface area contributed by atoms with Crippen LogP contribution < -0.4 is 15.5 Å². The third-order valence-electron chi connectivity index (χ3n) is 5.72. The molecule has 3 amide bonds. The van der Waals surface area contributed by atoms with Gasteiger partial charge in [-0.3, -0.25) is 14.4 Å². The number of halogens is 1. The SMILES string of the molecule is CCc1ccc(NC(=O)c2cccc(NC3=C(Cl)C(=O)N(c4cccc(C(=O)OC(C)C)c4)C3=O)c2)cc1. The van der Waals surface area contributed by atoms with Crippen molar-refractivity contribution in [2.75, 3.05) is 15.5 Å². The number of nitrogens with one attached hydrogen (secondary N) is 2. The molecule has 0 atom stereocenters. The number of imide groups is 1. The van der Waals surface area contributed by atoms with E-state index < -0.39 is 17.8 Å². The first-order valence-corrected chi connectivity index (χ1v) is 12.4. The van der Waals surface area contributed by atoms with E-state index in [9.17, 15) is 19.2 Å². The summed E-state index contributed by atoms with van der Waals surface area (Å²) in [6.45, 7) is 5.50. The highest BCUT2D eigenvalue weighted by atomic mass is 35.5. The molecule has 0 saturated carbocycles. The second-order valence-corrected chi connectivity index (χ2v) is 9.23. The lowest BCUT2D eigenvalue weighted by atomic mass is 10.1. The van der Waals surface area contributed by atoms with E-state index >= 15 is 0 Å². The Morgan fingerprint density at radius 1 is 0.895 bits per heavy atom. The van der Waals surface area contributed by atoms with Crippen LogP contribution in [0.25, 0.3) is 0 Å². The highest BCUT2D eigenvalue weighted by Crippen LogP contribution is 2.31. The van der Waals surface area contributed by atoms with Crippen LogP contribution in [0.3, 0.4) is 0 Å². The first-order valence-electron chi connectivity index (χ1n) is 12.0. The molecule has 4 rings (SSSR count). The molecular weight excluding hydrogens is 506 g/mol. The predicted octanol–water partition coefficient (Wildman–Crippen LogP) is 5.50. The Morgan fingerprint density at radius 3 is 2.26 bits per heavy atom. The van der Waals surface area contributed by atoms with Gasteiger partial charge < -0.3 is 15.4 Å². The molecule has 2 N–H and O–H groups in total. The third-order valence-corrected chi connectivity index (χ3v) is 6.07. The third kappa shape index (κ3) is 5.76. The summed E-state index contributed by atoms with van der Waals surface area (Å²) in [5, 5.41) is 5.40. The Bertz CT molecular complexity index is 1450. The number of hydrogen-bond donors (Lipinski definition) is 2. The Morgan fingerprint density at radius 2 is 1.58 bits per heavy atom. The molecule has 8 nitrogen and oxygen atoms in total. The van der Waals surface area contributed by atoms with Crippen LogP contribution in [0, 0.1) is 0 Å². The zero-order valence-electron chi connectivity index (χ0n) is 21.1.